The number of halogens is 1. The summed E-state index contributed by atoms with van der Waals surface area (Å²) in [6.45, 7) is 6.50. The van der Waals surface area contributed by atoms with Crippen LogP contribution in [0.15, 0.2) is 24.3 Å². The Labute approximate surface area is 148 Å². The number of piperazine rings is 1. The Morgan fingerprint density at radius 2 is 1.96 bits per heavy atom. The molecule has 2 atom stereocenters. The van der Waals surface area contributed by atoms with Crippen LogP contribution in [0.5, 0.6) is 0 Å². The van der Waals surface area contributed by atoms with Gasteiger partial charge in [0, 0.05) is 44.0 Å². The minimum absolute atomic E-state index is 0. The molecule has 24 heavy (non-hydrogen) atoms. The van der Waals surface area contributed by atoms with E-state index < -0.39 is 11.0 Å². The summed E-state index contributed by atoms with van der Waals surface area (Å²) < 4.78 is 0. The van der Waals surface area contributed by atoms with E-state index in [2.05, 4.69) is 4.90 Å². The maximum absolute atomic E-state index is 12.4. The maximum atomic E-state index is 12.4. The summed E-state index contributed by atoms with van der Waals surface area (Å²) in [5, 5.41) is 10.9. The van der Waals surface area contributed by atoms with Gasteiger partial charge in [-0.1, -0.05) is 26.3 Å². The number of nitro benzene ring substituents is 1. The second kappa shape index (κ2) is 8.84. The third-order valence-corrected chi connectivity index (χ3v) is 4.54. The number of benzene rings is 1. The highest BCUT2D eigenvalue weighted by Crippen LogP contribution is 2.22. The number of carbonyl (C=O) groups is 1. The first-order valence-corrected chi connectivity index (χ1v) is 7.97. The zero-order chi connectivity index (χ0) is 17.0. The standard InChI is InChI=1S/C16H24N4O3.ClH/c1-3-12(2)15(17)16(21)19-9-7-18(8-10-19)13-5-4-6-14(11-13)20(22)23;/h4-6,11-12,15H,3,7-10,17H2,1-2H3;1H. The van der Waals surface area contributed by atoms with Crippen molar-refractivity contribution in [1.82, 2.24) is 4.90 Å². The van der Waals surface area contributed by atoms with Gasteiger partial charge in [0.1, 0.15) is 0 Å². The highest BCUT2D eigenvalue weighted by molar-refractivity contribution is 5.85. The minimum atomic E-state index is -0.454. The van der Waals surface area contributed by atoms with Crippen LogP contribution >= 0.6 is 12.4 Å². The fourth-order valence-electron chi connectivity index (χ4n) is 2.70. The maximum Gasteiger partial charge on any atom is 0.271 e. The zero-order valence-electron chi connectivity index (χ0n) is 14.1. The van der Waals surface area contributed by atoms with Gasteiger partial charge in [-0.3, -0.25) is 14.9 Å². The van der Waals surface area contributed by atoms with Crippen molar-refractivity contribution in [2.45, 2.75) is 26.3 Å². The van der Waals surface area contributed by atoms with E-state index in [0.29, 0.717) is 26.2 Å². The second-order valence-corrected chi connectivity index (χ2v) is 6.00. The molecule has 1 aliphatic heterocycles. The van der Waals surface area contributed by atoms with Gasteiger partial charge in [-0.25, -0.2) is 0 Å². The molecule has 8 heteroatoms. The average Bonchev–Trinajstić information content (AvgIpc) is 2.60. The van der Waals surface area contributed by atoms with Crippen molar-refractivity contribution in [3.8, 4) is 0 Å². The summed E-state index contributed by atoms with van der Waals surface area (Å²) in [7, 11) is 0. The van der Waals surface area contributed by atoms with Gasteiger partial charge in [-0.05, 0) is 12.0 Å². The number of nitro groups is 1. The normalized spacial score (nSPS) is 17.0. The van der Waals surface area contributed by atoms with Gasteiger partial charge in [-0.15, -0.1) is 12.4 Å². The molecule has 2 N–H and O–H groups in total. The molecule has 1 aliphatic rings. The van der Waals surface area contributed by atoms with E-state index in [-0.39, 0.29) is 29.9 Å². The van der Waals surface area contributed by atoms with Crippen molar-refractivity contribution >= 4 is 29.7 Å². The van der Waals surface area contributed by atoms with E-state index in [1.807, 2.05) is 19.9 Å². The lowest BCUT2D eigenvalue weighted by Crippen LogP contribution is -2.54. The quantitative estimate of drug-likeness (QED) is 0.643. The number of nitrogens with two attached hydrogens (primary N) is 1. The van der Waals surface area contributed by atoms with Gasteiger partial charge in [-0.2, -0.15) is 0 Å². The number of rotatable bonds is 5. The van der Waals surface area contributed by atoms with Crippen LogP contribution in [0.4, 0.5) is 11.4 Å². The number of hydrogen-bond acceptors (Lipinski definition) is 5. The van der Waals surface area contributed by atoms with Crippen LogP contribution in [0.3, 0.4) is 0 Å². The van der Waals surface area contributed by atoms with Crippen LogP contribution in [0.2, 0.25) is 0 Å². The number of non-ortho nitro benzene ring substituents is 1. The van der Waals surface area contributed by atoms with Crippen LogP contribution in [-0.2, 0) is 4.79 Å². The SMILES string of the molecule is CCC(C)C(N)C(=O)N1CCN(c2cccc([N+](=O)[O-])c2)CC1.Cl. The number of hydrogen-bond donors (Lipinski definition) is 1. The summed E-state index contributed by atoms with van der Waals surface area (Å²) >= 11 is 0. The third kappa shape index (κ3) is 4.58. The molecular weight excluding hydrogens is 332 g/mol. The van der Waals surface area contributed by atoms with Crippen molar-refractivity contribution in [3.05, 3.63) is 34.4 Å². The van der Waals surface area contributed by atoms with Gasteiger partial charge in [0.15, 0.2) is 0 Å². The first-order valence-electron chi connectivity index (χ1n) is 7.97. The van der Waals surface area contributed by atoms with Crippen molar-refractivity contribution in [2.75, 3.05) is 31.1 Å². The molecule has 7 nitrogen and oxygen atoms in total. The molecule has 0 bridgehead atoms. The van der Waals surface area contributed by atoms with Crippen LogP contribution in [0, 0.1) is 16.0 Å². The Morgan fingerprint density at radius 3 is 2.50 bits per heavy atom. The van der Waals surface area contributed by atoms with Crippen molar-refractivity contribution < 1.29 is 9.72 Å². The molecule has 1 fully saturated rings. The molecule has 0 aromatic heterocycles. The molecule has 0 aliphatic carbocycles. The fourth-order valence-corrected chi connectivity index (χ4v) is 2.70. The van der Waals surface area contributed by atoms with Crippen molar-refractivity contribution in [1.29, 1.82) is 0 Å². The zero-order valence-corrected chi connectivity index (χ0v) is 14.9. The van der Waals surface area contributed by atoms with E-state index in [1.165, 1.54) is 6.07 Å². The molecule has 1 aromatic carbocycles. The molecule has 2 unspecified atom stereocenters. The molecule has 0 radical (unpaired) electrons. The second-order valence-electron chi connectivity index (χ2n) is 6.00. The fraction of sp³-hybridized carbons (Fsp3) is 0.562. The van der Waals surface area contributed by atoms with Crippen LogP contribution in [0.25, 0.3) is 0 Å². The highest BCUT2D eigenvalue weighted by Gasteiger charge is 2.28. The topological polar surface area (TPSA) is 92.7 Å². The van der Waals surface area contributed by atoms with Crippen LogP contribution in [-0.4, -0.2) is 48.0 Å². The number of anilines is 1. The van der Waals surface area contributed by atoms with Crippen LogP contribution in [0.1, 0.15) is 20.3 Å². The van der Waals surface area contributed by atoms with E-state index >= 15 is 0 Å². The largest absolute Gasteiger partial charge is 0.368 e. The van der Waals surface area contributed by atoms with Gasteiger partial charge in [0.05, 0.1) is 11.0 Å². The van der Waals surface area contributed by atoms with Gasteiger partial charge < -0.3 is 15.5 Å². The predicted octanol–water partition coefficient (Wildman–Crippen LogP) is 2.04. The monoisotopic (exact) mass is 356 g/mol. The summed E-state index contributed by atoms with van der Waals surface area (Å²) in [6, 6.07) is 6.14. The molecule has 134 valence electrons. The smallest absolute Gasteiger partial charge is 0.271 e. The highest BCUT2D eigenvalue weighted by atomic mass is 35.5. The van der Waals surface area contributed by atoms with Crippen molar-refractivity contribution in [2.24, 2.45) is 11.7 Å². The Balaban J connectivity index is 0.00000288. The lowest BCUT2D eigenvalue weighted by molar-refractivity contribution is -0.384. The first-order chi connectivity index (χ1) is 10.9. The lowest BCUT2D eigenvalue weighted by Gasteiger charge is -2.37. The van der Waals surface area contributed by atoms with E-state index in [0.717, 1.165) is 12.1 Å². The summed E-state index contributed by atoms with van der Waals surface area (Å²) in [5.41, 5.74) is 6.92. The number of amides is 1. The summed E-state index contributed by atoms with van der Waals surface area (Å²) in [5.74, 6) is 0.162. The number of carbonyl (C=O) groups excluding carboxylic acids is 1. The van der Waals surface area contributed by atoms with Crippen molar-refractivity contribution in [3.63, 3.8) is 0 Å². The molecule has 1 amide bonds. The van der Waals surface area contributed by atoms with Gasteiger partial charge >= 0.3 is 0 Å². The molecule has 1 heterocycles. The molecule has 1 aromatic rings. The lowest BCUT2D eigenvalue weighted by atomic mass is 9.98. The molecule has 2 rings (SSSR count). The summed E-state index contributed by atoms with van der Waals surface area (Å²) in [4.78, 5) is 26.7. The third-order valence-electron chi connectivity index (χ3n) is 4.54. The molecule has 1 saturated heterocycles. The number of nitrogens with zero attached hydrogens (tertiary/aromatic N) is 3. The average molecular weight is 357 g/mol. The van der Waals surface area contributed by atoms with E-state index in [9.17, 15) is 14.9 Å². The molecule has 0 saturated carbocycles. The Morgan fingerprint density at radius 1 is 1.33 bits per heavy atom. The Kier molecular flexibility index (Phi) is 7.44. The first kappa shape index (κ1) is 20.2. The molecule has 0 spiro atoms. The van der Waals surface area contributed by atoms with Gasteiger partial charge in [0.25, 0.3) is 5.69 Å². The van der Waals surface area contributed by atoms with Crippen LogP contribution < -0.4 is 10.6 Å². The Hall–Kier alpha value is -1.86. The summed E-state index contributed by atoms with van der Waals surface area (Å²) in [6.07, 6.45) is 0.876. The molecular formula is C16H25ClN4O3. The predicted molar refractivity (Wildman–Crippen MR) is 96.6 cm³/mol. The van der Waals surface area contributed by atoms with Gasteiger partial charge in [0.2, 0.25) is 5.91 Å². The minimum Gasteiger partial charge on any atom is -0.368 e. The Bertz CT molecular complexity index is 576. The van der Waals surface area contributed by atoms with E-state index in [4.69, 9.17) is 5.73 Å². The van der Waals surface area contributed by atoms with E-state index in [1.54, 1.807) is 17.0 Å².